The van der Waals surface area contributed by atoms with Gasteiger partial charge in [0.05, 0.1) is 0 Å². The molecule has 0 nitrogen and oxygen atoms in total. The van der Waals surface area contributed by atoms with E-state index < -0.39 is 0 Å². The van der Waals surface area contributed by atoms with Crippen molar-refractivity contribution in [1.82, 2.24) is 0 Å². The minimum Gasteiger partial charge on any atom is -0.106 e. The van der Waals surface area contributed by atoms with Crippen molar-refractivity contribution in [2.24, 2.45) is 0 Å². The van der Waals surface area contributed by atoms with Crippen molar-refractivity contribution in [1.29, 1.82) is 0 Å². The summed E-state index contributed by atoms with van der Waals surface area (Å²) in [6.45, 7) is 10.0. The van der Waals surface area contributed by atoms with Crippen molar-refractivity contribution in [2.45, 2.75) is 39.5 Å². The molecule has 0 fully saturated rings. The number of benzene rings is 1. The second kappa shape index (κ2) is 8.55. The van der Waals surface area contributed by atoms with Gasteiger partial charge in [0.2, 0.25) is 0 Å². The van der Waals surface area contributed by atoms with E-state index in [0.29, 0.717) is 0 Å². The molecule has 0 amide bonds. The van der Waals surface area contributed by atoms with Crippen LogP contribution in [0.2, 0.25) is 0 Å². The standard InChI is InChI=1S/C10H12.C2H6.C2H4/c1-2-6-10-8-4-3-7-9(10)5-1;2*1-2/h1-2,5-6H,3-4,7-8H2;1-2H3;1-2H2. The van der Waals surface area contributed by atoms with Gasteiger partial charge in [-0.2, -0.15) is 0 Å². The first-order valence-electron chi connectivity index (χ1n) is 5.53. The summed E-state index contributed by atoms with van der Waals surface area (Å²) < 4.78 is 0. The quantitative estimate of drug-likeness (QED) is 0.532. The Morgan fingerprint density at radius 1 is 0.857 bits per heavy atom. The fourth-order valence-electron chi connectivity index (χ4n) is 1.68. The number of hydrogen-bond donors (Lipinski definition) is 0. The Hall–Kier alpha value is -1.04. The highest BCUT2D eigenvalue weighted by Crippen LogP contribution is 2.19. The third-order valence-corrected chi connectivity index (χ3v) is 2.26. The summed E-state index contributed by atoms with van der Waals surface area (Å²) in [6, 6.07) is 8.80. The van der Waals surface area contributed by atoms with Gasteiger partial charge < -0.3 is 0 Å². The maximum Gasteiger partial charge on any atom is -0.0276 e. The van der Waals surface area contributed by atoms with Crippen LogP contribution in [0, 0.1) is 0 Å². The third kappa shape index (κ3) is 3.78. The van der Waals surface area contributed by atoms with Gasteiger partial charge in [-0.05, 0) is 36.8 Å². The summed E-state index contributed by atoms with van der Waals surface area (Å²) in [6.07, 6.45) is 5.38. The van der Waals surface area contributed by atoms with Crippen LogP contribution in [0.15, 0.2) is 37.4 Å². The highest BCUT2D eigenvalue weighted by molar-refractivity contribution is 5.28. The molecular weight excluding hydrogens is 168 g/mol. The first-order valence-corrected chi connectivity index (χ1v) is 5.53. The molecule has 0 heteroatoms. The average molecular weight is 190 g/mol. The van der Waals surface area contributed by atoms with Gasteiger partial charge in [0.1, 0.15) is 0 Å². The predicted molar refractivity (Wildman–Crippen MR) is 65.7 cm³/mol. The van der Waals surface area contributed by atoms with E-state index in [1.54, 1.807) is 11.1 Å². The molecular formula is C14H22. The molecule has 1 aromatic rings. The molecule has 0 bridgehead atoms. The van der Waals surface area contributed by atoms with Gasteiger partial charge in [0.25, 0.3) is 0 Å². The van der Waals surface area contributed by atoms with Gasteiger partial charge in [-0.1, -0.05) is 38.1 Å². The van der Waals surface area contributed by atoms with Gasteiger partial charge in [-0.25, -0.2) is 0 Å². The summed E-state index contributed by atoms with van der Waals surface area (Å²) >= 11 is 0. The summed E-state index contributed by atoms with van der Waals surface area (Å²) in [5.74, 6) is 0. The Bertz CT molecular complexity index is 213. The molecule has 0 heterocycles. The molecule has 0 spiro atoms. The van der Waals surface area contributed by atoms with Crippen LogP contribution in [-0.2, 0) is 12.8 Å². The van der Waals surface area contributed by atoms with E-state index in [-0.39, 0.29) is 0 Å². The monoisotopic (exact) mass is 190 g/mol. The Morgan fingerprint density at radius 3 is 1.57 bits per heavy atom. The predicted octanol–water partition coefficient (Wildman–Crippen LogP) is 4.39. The van der Waals surface area contributed by atoms with Crippen LogP contribution >= 0.6 is 0 Å². The Labute approximate surface area is 88.7 Å². The van der Waals surface area contributed by atoms with Crippen LogP contribution in [0.25, 0.3) is 0 Å². The lowest BCUT2D eigenvalue weighted by molar-refractivity contribution is 0.685. The van der Waals surface area contributed by atoms with Crippen LogP contribution in [-0.4, -0.2) is 0 Å². The van der Waals surface area contributed by atoms with Crippen LogP contribution < -0.4 is 0 Å². The summed E-state index contributed by atoms with van der Waals surface area (Å²) in [5.41, 5.74) is 3.16. The van der Waals surface area contributed by atoms with E-state index >= 15 is 0 Å². The van der Waals surface area contributed by atoms with Crippen LogP contribution in [0.4, 0.5) is 0 Å². The van der Waals surface area contributed by atoms with Crippen LogP contribution in [0.3, 0.4) is 0 Å². The van der Waals surface area contributed by atoms with E-state index in [9.17, 15) is 0 Å². The first-order chi connectivity index (χ1) is 6.97. The Kier molecular flexibility index (Phi) is 7.92. The zero-order valence-corrected chi connectivity index (χ0v) is 9.55. The second-order valence-corrected chi connectivity index (χ2v) is 2.98. The number of aryl methyl sites for hydroxylation is 2. The molecule has 0 saturated carbocycles. The SMILES string of the molecule is C=C.CC.c1ccc2c(c1)CCCC2. The number of rotatable bonds is 0. The van der Waals surface area contributed by atoms with Gasteiger partial charge >= 0.3 is 0 Å². The summed E-state index contributed by atoms with van der Waals surface area (Å²) in [5, 5.41) is 0. The molecule has 0 radical (unpaired) electrons. The van der Waals surface area contributed by atoms with Crippen LogP contribution in [0.1, 0.15) is 37.8 Å². The minimum atomic E-state index is 1.30. The van der Waals surface area contributed by atoms with E-state index in [0.717, 1.165) is 0 Å². The van der Waals surface area contributed by atoms with Gasteiger partial charge in [-0.3, -0.25) is 0 Å². The number of fused-ring (bicyclic) bond motifs is 1. The lowest BCUT2D eigenvalue weighted by Crippen LogP contribution is -2.00. The van der Waals surface area contributed by atoms with Crippen molar-refractivity contribution >= 4 is 0 Å². The molecule has 0 saturated heterocycles. The van der Waals surface area contributed by atoms with Crippen molar-refractivity contribution in [3.05, 3.63) is 48.6 Å². The van der Waals surface area contributed by atoms with Crippen LogP contribution in [0.5, 0.6) is 0 Å². The van der Waals surface area contributed by atoms with Crippen molar-refractivity contribution < 1.29 is 0 Å². The van der Waals surface area contributed by atoms with Gasteiger partial charge in [0, 0.05) is 0 Å². The zero-order chi connectivity index (χ0) is 10.8. The normalized spacial score (nSPS) is 12.4. The molecule has 78 valence electrons. The Morgan fingerprint density at radius 2 is 1.21 bits per heavy atom. The zero-order valence-electron chi connectivity index (χ0n) is 9.55. The molecule has 1 aliphatic carbocycles. The van der Waals surface area contributed by atoms with Crippen molar-refractivity contribution in [3.8, 4) is 0 Å². The first kappa shape index (κ1) is 13.0. The Balaban J connectivity index is 0.000000379. The molecule has 2 rings (SSSR count). The maximum absolute atomic E-state index is 3.00. The van der Waals surface area contributed by atoms with Gasteiger partial charge in [-0.15, -0.1) is 13.2 Å². The average Bonchev–Trinajstić information content (AvgIpc) is 2.34. The van der Waals surface area contributed by atoms with Crippen molar-refractivity contribution in [3.63, 3.8) is 0 Å². The second-order valence-electron chi connectivity index (χ2n) is 2.98. The molecule has 0 unspecified atom stereocenters. The molecule has 0 aromatic heterocycles. The topological polar surface area (TPSA) is 0 Å². The largest absolute Gasteiger partial charge is 0.106 e. The smallest absolute Gasteiger partial charge is 0.0276 e. The highest BCUT2D eigenvalue weighted by Gasteiger charge is 2.05. The number of hydrogen-bond acceptors (Lipinski definition) is 0. The molecule has 0 atom stereocenters. The van der Waals surface area contributed by atoms with E-state index in [1.165, 1.54) is 25.7 Å². The fourth-order valence-corrected chi connectivity index (χ4v) is 1.68. The lowest BCUT2D eigenvalue weighted by Gasteiger charge is -2.13. The fraction of sp³-hybridized carbons (Fsp3) is 0.429. The third-order valence-electron chi connectivity index (χ3n) is 2.26. The van der Waals surface area contributed by atoms with E-state index in [4.69, 9.17) is 0 Å². The van der Waals surface area contributed by atoms with Crippen molar-refractivity contribution in [2.75, 3.05) is 0 Å². The summed E-state index contributed by atoms with van der Waals surface area (Å²) in [7, 11) is 0. The van der Waals surface area contributed by atoms with E-state index in [1.807, 2.05) is 13.8 Å². The highest BCUT2D eigenvalue weighted by atomic mass is 14.1. The molecule has 14 heavy (non-hydrogen) atoms. The molecule has 0 N–H and O–H groups in total. The van der Waals surface area contributed by atoms with E-state index in [2.05, 4.69) is 37.4 Å². The maximum atomic E-state index is 3.00. The molecule has 1 aliphatic rings. The molecule has 1 aromatic carbocycles. The minimum absolute atomic E-state index is 1.30. The lowest BCUT2D eigenvalue weighted by atomic mass is 9.92. The van der Waals surface area contributed by atoms with Gasteiger partial charge in [0.15, 0.2) is 0 Å². The molecule has 0 aliphatic heterocycles. The summed E-state index contributed by atoms with van der Waals surface area (Å²) in [4.78, 5) is 0.